The minimum atomic E-state index is -0.605. The number of amides is 2. The standard InChI is InChI=1S/C19H31N3O5S/c1-8-26-17(24)15-10-28-16(21-15)14(20-12(4)23)9-13(11(2)3)22-18(25)27-19(5,6)7/h10-11,13-14H,8-9H2,1-7H3,(H,20,23)(H,22,25)/t13-,14-/m1/s1. The van der Waals surface area contributed by atoms with E-state index in [1.807, 2.05) is 13.8 Å². The van der Waals surface area contributed by atoms with Gasteiger partial charge >= 0.3 is 12.1 Å². The Bertz CT molecular complexity index is 681. The maximum atomic E-state index is 12.2. The molecule has 0 aliphatic rings. The second kappa shape index (κ2) is 10.4. The Balaban J connectivity index is 2.97. The van der Waals surface area contributed by atoms with Gasteiger partial charge in [-0.2, -0.15) is 0 Å². The number of carbonyl (C=O) groups excluding carboxylic acids is 3. The first-order chi connectivity index (χ1) is 12.9. The van der Waals surface area contributed by atoms with Crippen molar-refractivity contribution in [2.24, 2.45) is 5.92 Å². The third-order valence-corrected chi connectivity index (χ3v) is 4.64. The van der Waals surface area contributed by atoms with Crippen molar-refractivity contribution < 1.29 is 23.9 Å². The third kappa shape index (κ3) is 8.24. The summed E-state index contributed by atoms with van der Waals surface area (Å²) in [5, 5.41) is 7.90. The normalized spacial score (nSPS) is 13.6. The van der Waals surface area contributed by atoms with Crippen molar-refractivity contribution in [3.8, 4) is 0 Å². The van der Waals surface area contributed by atoms with Crippen LogP contribution in [-0.2, 0) is 14.3 Å². The molecular formula is C19H31N3O5S. The number of nitrogens with one attached hydrogen (secondary N) is 2. The van der Waals surface area contributed by atoms with E-state index < -0.39 is 23.7 Å². The molecule has 0 fully saturated rings. The number of nitrogens with zero attached hydrogens (tertiary/aromatic N) is 1. The summed E-state index contributed by atoms with van der Waals surface area (Å²) < 4.78 is 10.3. The summed E-state index contributed by atoms with van der Waals surface area (Å²) in [5.41, 5.74) is -0.398. The Hall–Kier alpha value is -2.16. The Labute approximate surface area is 170 Å². The zero-order valence-electron chi connectivity index (χ0n) is 17.6. The fourth-order valence-electron chi connectivity index (χ4n) is 2.42. The number of ether oxygens (including phenoxy) is 2. The van der Waals surface area contributed by atoms with Crippen molar-refractivity contribution in [1.29, 1.82) is 0 Å². The molecule has 2 amide bonds. The van der Waals surface area contributed by atoms with Gasteiger partial charge in [0, 0.05) is 18.3 Å². The fourth-order valence-corrected chi connectivity index (χ4v) is 3.28. The second-order valence-corrected chi connectivity index (χ2v) is 8.67. The van der Waals surface area contributed by atoms with Gasteiger partial charge in [-0.1, -0.05) is 13.8 Å². The molecule has 0 aliphatic heterocycles. The van der Waals surface area contributed by atoms with Gasteiger partial charge in [0.25, 0.3) is 0 Å². The van der Waals surface area contributed by atoms with Crippen LogP contribution in [0.25, 0.3) is 0 Å². The number of alkyl carbamates (subject to hydrolysis) is 1. The summed E-state index contributed by atoms with van der Waals surface area (Å²) in [7, 11) is 0. The summed E-state index contributed by atoms with van der Waals surface area (Å²) >= 11 is 1.27. The Morgan fingerprint density at radius 3 is 2.36 bits per heavy atom. The largest absolute Gasteiger partial charge is 0.461 e. The van der Waals surface area contributed by atoms with Crippen LogP contribution in [0.5, 0.6) is 0 Å². The van der Waals surface area contributed by atoms with Crippen LogP contribution in [-0.4, -0.2) is 41.2 Å². The van der Waals surface area contributed by atoms with Crippen molar-refractivity contribution in [3.63, 3.8) is 0 Å². The predicted octanol–water partition coefficient (Wildman–Crippen LogP) is 3.44. The van der Waals surface area contributed by atoms with Gasteiger partial charge < -0.3 is 20.1 Å². The van der Waals surface area contributed by atoms with Gasteiger partial charge in [-0.3, -0.25) is 4.79 Å². The van der Waals surface area contributed by atoms with E-state index in [0.29, 0.717) is 11.4 Å². The van der Waals surface area contributed by atoms with Crippen molar-refractivity contribution in [3.05, 3.63) is 16.1 Å². The quantitative estimate of drug-likeness (QED) is 0.632. The lowest BCUT2D eigenvalue weighted by atomic mass is 9.97. The number of carbonyl (C=O) groups is 3. The van der Waals surface area contributed by atoms with Gasteiger partial charge in [0.05, 0.1) is 12.6 Å². The van der Waals surface area contributed by atoms with Crippen LogP contribution in [0.4, 0.5) is 4.79 Å². The van der Waals surface area contributed by atoms with Crippen LogP contribution >= 0.6 is 11.3 Å². The Morgan fingerprint density at radius 1 is 1.21 bits per heavy atom. The van der Waals surface area contributed by atoms with E-state index in [9.17, 15) is 14.4 Å². The molecule has 8 nitrogen and oxygen atoms in total. The molecule has 2 atom stereocenters. The predicted molar refractivity (Wildman–Crippen MR) is 107 cm³/mol. The van der Waals surface area contributed by atoms with Gasteiger partial charge in [-0.25, -0.2) is 14.6 Å². The van der Waals surface area contributed by atoms with Gasteiger partial charge in [-0.05, 0) is 40.0 Å². The van der Waals surface area contributed by atoms with E-state index in [1.165, 1.54) is 18.3 Å². The SMILES string of the molecule is CCOC(=O)c1csc([C@@H](C[C@@H](NC(=O)OC(C)(C)C)C(C)C)NC(C)=O)n1. The fraction of sp³-hybridized carbons (Fsp3) is 0.684. The number of hydrogen-bond donors (Lipinski definition) is 2. The number of thiazole rings is 1. The lowest BCUT2D eigenvalue weighted by molar-refractivity contribution is -0.119. The van der Waals surface area contributed by atoms with Gasteiger partial charge in [-0.15, -0.1) is 11.3 Å². The minimum absolute atomic E-state index is 0.0910. The lowest BCUT2D eigenvalue weighted by Gasteiger charge is -2.28. The molecule has 0 bridgehead atoms. The first-order valence-corrected chi connectivity index (χ1v) is 10.2. The summed E-state index contributed by atoms with van der Waals surface area (Å²) in [6, 6.07) is -0.713. The molecule has 1 aromatic rings. The highest BCUT2D eigenvalue weighted by Crippen LogP contribution is 2.25. The minimum Gasteiger partial charge on any atom is -0.461 e. The van der Waals surface area contributed by atoms with E-state index in [4.69, 9.17) is 9.47 Å². The molecule has 158 valence electrons. The van der Waals surface area contributed by atoms with E-state index in [0.717, 1.165) is 0 Å². The molecule has 9 heteroatoms. The van der Waals surface area contributed by atoms with Crippen LogP contribution in [0, 0.1) is 5.92 Å². The molecule has 0 radical (unpaired) electrons. The Kier molecular flexibility index (Phi) is 8.87. The van der Waals surface area contributed by atoms with Crippen LogP contribution in [0.15, 0.2) is 5.38 Å². The molecule has 1 heterocycles. The molecule has 2 N–H and O–H groups in total. The van der Waals surface area contributed by atoms with Gasteiger partial charge in [0.1, 0.15) is 10.6 Å². The van der Waals surface area contributed by atoms with Gasteiger partial charge in [0.15, 0.2) is 5.69 Å². The molecule has 0 spiro atoms. The maximum absolute atomic E-state index is 12.2. The van der Waals surface area contributed by atoms with Crippen molar-refractivity contribution in [1.82, 2.24) is 15.6 Å². The zero-order valence-corrected chi connectivity index (χ0v) is 18.4. The average molecular weight is 414 g/mol. The summed E-state index contributed by atoms with van der Waals surface area (Å²) in [5.74, 6) is -0.634. The van der Waals surface area contributed by atoms with Crippen molar-refractivity contribution >= 4 is 29.3 Å². The second-order valence-electron chi connectivity index (χ2n) is 7.78. The van der Waals surface area contributed by atoms with Gasteiger partial charge in [0.2, 0.25) is 5.91 Å². The summed E-state index contributed by atoms with van der Waals surface area (Å²) in [6.45, 7) is 12.7. The van der Waals surface area contributed by atoms with E-state index in [1.54, 1.807) is 33.1 Å². The highest BCUT2D eigenvalue weighted by Gasteiger charge is 2.27. The molecular weight excluding hydrogens is 382 g/mol. The highest BCUT2D eigenvalue weighted by molar-refractivity contribution is 7.09. The van der Waals surface area contributed by atoms with E-state index in [-0.39, 0.29) is 30.2 Å². The van der Waals surface area contributed by atoms with E-state index >= 15 is 0 Å². The molecule has 0 saturated heterocycles. The molecule has 0 aromatic carbocycles. The van der Waals surface area contributed by atoms with Crippen LogP contribution in [0.1, 0.15) is 76.4 Å². The molecule has 1 aromatic heterocycles. The summed E-state index contributed by atoms with van der Waals surface area (Å²) in [6.07, 6.45) is -0.106. The summed E-state index contributed by atoms with van der Waals surface area (Å²) in [4.78, 5) is 40.1. The molecule has 1 rings (SSSR count). The monoisotopic (exact) mass is 413 g/mol. The topological polar surface area (TPSA) is 107 Å². The number of hydrogen-bond acceptors (Lipinski definition) is 7. The molecule has 0 saturated carbocycles. The number of aromatic nitrogens is 1. The lowest BCUT2D eigenvalue weighted by Crippen LogP contribution is -2.44. The van der Waals surface area contributed by atoms with Crippen molar-refractivity contribution in [2.45, 2.75) is 72.6 Å². The Morgan fingerprint density at radius 2 is 1.86 bits per heavy atom. The molecule has 0 aliphatic carbocycles. The molecule has 28 heavy (non-hydrogen) atoms. The third-order valence-electron chi connectivity index (χ3n) is 3.68. The first kappa shape index (κ1) is 23.9. The van der Waals surface area contributed by atoms with E-state index in [2.05, 4.69) is 15.6 Å². The highest BCUT2D eigenvalue weighted by atomic mass is 32.1. The number of esters is 1. The first-order valence-electron chi connectivity index (χ1n) is 9.32. The van der Waals surface area contributed by atoms with Crippen LogP contribution < -0.4 is 10.6 Å². The maximum Gasteiger partial charge on any atom is 0.407 e. The van der Waals surface area contributed by atoms with Crippen molar-refractivity contribution in [2.75, 3.05) is 6.61 Å². The average Bonchev–Trinajstić information content (AvgIpc) is 3.01. The molecule has 0 unspecified atom stereocenters. The number of rotatable bonds is 8. The van der Waals surface area contributed by atoms with Crippen LogP contribution in [0.3, 0.4) is 0 Å². The van der Waals surface area contributed by atoms with Crippen LogP contribution in [0.2, 0.25) is 0 Å². The zero-order chi connectivity index (χ0) is 21.5. The smallest absolute Gasteiger partial charge is 0.407 e.